The van der Waals surface area contributed by atoms with Crippen molar-refractivity contribution in [3.63, 3.8) is 0 Å². The van der Waals surface area contributed by atoms with E-state index in [-0.39, 0.29) is 32.2 Å². The lowest BCUT2D eigenvalue weighted by Gasteiger charge is -2.25. The van der Waals surface area contributed by atoms with Crippen LogP contribution < -0.4 is 0 Å². The molecule has 0 radical (unpaired) electrons. The SMILES string of the molecule is CC/C=C\C/C=C\C/C=C\C/C=C\C/C=C\C/C=C\C/C=C\C/C=C\C/C=C\CCCCCCCCCCCC(=O)OC(COC(=O)CCCCCCCCCCCCCCCCC/C=C\CCCCCCCCCC)COC(OCC[N+](C)(C)C)C(=O)O. The Morgan fingerprint density at radius 3 is 0.966 bits per heavy atom. The molecule has 89 heavy (non-hydrogen) atoms. The zero-order valence-electron chi connectivity index (χ0n) is 58.3. The summed E-state index contributed by atoms with van der Waals surface area (Å²) >= 11 is 0. The van der Waals surface area contributed by atoms with Crippen molar-refractivity contribution in [3.8, 4) is 0 Å². The van der Waals surface area contributed by atoms with Gasteiger partial charge in [-0.2, -0.15) is 0 Å². The van der Waals surface area contributed by atoms with E-state index in [0.29, 0.717) is 23.9 Å². The van der Waals surface area contributed by atoms with Crippen molar-refractivity contribution in [2.75, 3.05) is 47.5 Å². The lowest BCUT2D eigenvalue weighted by atomic mass is 10.0. The summed E-state index contributed by atoms with van der Waals surface area (Å²) in [5, 5.41) is 9.76. The molecule has 0 rings (SSSR count). The molecule has 9 heteroatoms. The number of carbonyl (C=O) groups excluding carboxylic acids is 2. The molecule has 0 fully saturated rings. The first kappa shape index (κ1) is 84.7. The minimum Gasteiger partial charge on any atom is -0.477 e. The van der Waals surface area contributed by atoms with Crippen LogP contribution in [-0.4, -0.2) is 87.4 Å². The second-order valence-electron chi connectivity index (χ2n) is 25.5. The maximum absolute atomic E-state index is 13.0. The van der Waals surface area contributed by atoms with Crippen LogP contribution in [0.1, 0.15) is 309 Å². The number of nitrogens with zero attached hydrogens (tertiary/aromatic N) is 1. The number of unbranched alkanes of at least 4 members (excludes halogenated alkanes) is 32. The topological polar surface area (TPSA) is 108 Å². The van der Waals surface area contributed by atoms with Crippen molar-refractivity contribution >= 4 is 17.9 Å². The number of quaternary nitrogens is 1. The molecule has 0 saturated carbocycles. The van der Waals surface area contributed by atoms with Crippen molar-refractivity contribution in [2.24, 2.45) is 0 Å². The molecule has 0 saturated heterocycles. The number of esters is 2. The number of rotatable bonds is 67. The van der Waals surface area contributed by atoms with Gasteiger partial charge in [-0.15, -0.1) is 0 Å². The van der Waals surface area contributed by atoms with Gasteiger partial charge in [0.15, 0.2) is 6.10 Å². The molecule has 2 atom stereocenters. The average molecular weight is 1240 g/mol. The van der Waals surface area contributed by atoms with Gasteiger partial charge in [0, 0.05) is 12.8 Å². The fraction of sp³-hybridized carbons (Fsp3) is 0.713. The number of carbonyl (C=O) groups is 3. The van der Waals surface area contributed by atoms with Crippen molar-refractivity contribution < 1.29 is 42.9 Å². The van der Waals surface area contributed by atoms with Crippen LogP contribution in [-0.2, 0) is 33.3 Å². The maximum atomic E-state index is 13.0. The van der Waals surface area contributed by atoms with Gasteiger partial charge in [0.05, 0.1) is 34.4 Å². The smallest absolute Gasteiger partial charge is 0.361 e. The Bertz CT molecular complexity index is 1880. The molecule has 0 aliphatic heterocycles. The third-order valence-electron chi connectivity index (χ3n) is 15.7. The molecule has 9 nitrogen and oxygen atoms in total. The normalized spacial score (nSPS) is 13.4. The number of hydrogen-bond donors (Lipinski definition) is 1. The lowest BCUT2D eigenvalue weighted by Crippen LogP contribution is -2.40. The van der Waals surface area contributed by atoms with Gasteiger partial charge in [-0.25, -0.2) is 4.79 Å². The Balaban J connectivity index is 4.14. The van der Waals surface area contributed by atoms with Gasteiger partial charge in [-0.1, -0.05) is 309 Å². The Labute approximate surface area is 548 Å². The van der Waals surface area contributed by atoms with E-state index in [1.54, 1.807) is 0 Å². The van der Waals surface area contributed by atoms with E-state index < -0.39 is 24.3 Å². The minimum atomic E-state index is -1.52. The van der Waals surface area contributed by atoms with E-state index >= 15 is 0 Å². The summed E-state index contributed by atoms with van der Waals surface area (Å²) in [7, 11) is 5.98. The molecule has 0 bridgehead atoms. The third-order valence-corrected chi connectivity index (χ3v) is 15.7. The van der Waals surface area contributed by atoms with Crippen molar-refractivity contribution in [2.45, 2.75) is 322 Å². The fourth-order valence-electron chi connectivity index (χ4n) is 10.1. The number of ether oxygens (including phenoxy) is 4. The predicted molar refractivity (Wildman–Crippen MR) is 382 cm³/mol. The van der Waals surface area contributed by atoms with Gasteiger partial charge in [0.2, 0.25) is 0 Å². The highest BCUT2D eigenvalue weighted by molar-refractivity contribution is 5.71. The molecule has 0 aliphatic carbocycles. The van der Waals surface area contributed by atoms with Crippen LogP contribution in [0.4, 0.5) is 0 Å². The highest BCUT2D eigenvalue weighted by Gasteiger charge is 2.25. The van der Waals surface area contributed by atoms with Crippen molar-refractivity contribution in [1.82, 2.24) is 0 Å². The summed E-state index contributed by atoms with van der Waals surface area (Å²) in [5.41, 5.74) is 0. The molecular weight excluding hydrogens is 1100 g/mol. The highest BCUT2D eigenvalue weighted by atomic mass is 16.7. The zero-order chi connectivity index (χ0) is 64.7. The number of carboxylic acids is 1. The maximum Gasteiger partial charge on any atom is 0.361 e. The first-order valence-corrected chi connectivity index (χ1v) is 36.7. The number of aliphatic carboxylic acids is 1. The number of hydrogen-bond acceptors (Lipinski definition) is 7. The third kappa shape index (κ3) is 71.0. The van der Waals surface area contributed by atoms with E-state index in [0.717, 1.165) is 103 Å². The summed E-state index contributed by atoms with van der Waals surface area (Å²) in [6.07, 6.45) is 96.0. The van der Waals surface area contributed by atoms with Crippen LogP contribution in [0.2, 0.25) is 0 Å². The molecule has 510 valence electrons. The number of allylic oxidation sites excluding steroid dienone is 20. The van der Waals surface area contributed by atoms with E-state index in [1.165, 1.54) is 173 Å². The van der Waals surface area contributed by atoms with Gasteiger partial charge in [0.1, 0.15) is 13.2 Å². The van der Waals surface area contributed by atoms with Crippen LogP contribution in [0.5, 0.6) is 0 Å². The van der Waals surface area contributed by atoms with Gasteiger partial charge in [-0.05, 0) is 109 Å². The Morgan fingerprint density at radius 1 is 0.348 bits per heavy atom. The van der Waals surface area contributed by atoms with Gasteiger partial charge in [-0.3, -0.25) is 9.59 Å². The van der Waals surface area contributed by atoms with Crippen LogP contribution in [0.25, 0.3) is 0 Å². The molecule has 1 N–H and O–H groups in total. The summed E-state index contributed by atoms with van der Waals surface area (Å²) < 4.78 is 23.0. The van der Waals surface area contributed by atoms with Gasteiger partial charge < -0.3 is 28.5 Å². The monoisotopic (exact) mass is 1240 g/mol. The van der Waals surface area contributed by atoms with Crippen molar-refractivity contribution in [3.05, 3.63) is 122 Å². The largest absolute Gasteiger partial charge is 0.477 e. The second-order valence-corrected chi connectivity index (χ2v) is 25.5. The molecule has 0 aromatic rings. The van der Waals surface area contributed by atoms with E-state index in [4.69, 9.17) is 18.9 Å². The molecule has 0 aliphatic rings. The summed E-state index contributed by atoms with van der Waals surface area (Å²) in [6, 6.07) is 0. The number of likely N-dealkylation sites (N-methyl/N-ethyl adjacent to an activating group) is 1. The molecule has 0 spiro atoms. The summed E-state index contributed by atoms with van der Waals surface area (Å²) in [4.78, 5) is 37.7. The van der Waals surface area contributed by atoms with Gasteiger partial charge in [0.25, 0.3) is 6.29 Å². The molecule has 0 aromatic carbocycles. The van der Waals surface area contributed by atoms with Gasteiger partial charge >= 0.3 is 17.9 Å². The predicted octanol–water partition coefficient (Wildman–Crippen LogP) is 23.1. The van der Waals surface area contributed by atoms with Crippen LogP contribution in [0, 0.1) is 0 Å². The minimum absolute atomic E-state index is 0.182. The average Bonchev–Trinajstić information content (AvgIpc) is 3.70. The van der Waals surface area contributed by atoms with Crippen LogP contribution in [0.3, 0.4) is 0 Å². The second kappa shape index (κ2) is 69.6. The Kier molecular flexibility index (Phi) is 66.2. The summed E-state index contributed by atoms with van der Waals surface area (Å²) in [6.45, 7) is 4.78. The first-order chi connectivity index (χ1) is 43.6. The number of carboxylic acid groups (broad SMARTS) is 1. The fourth-order valence-corrected chi connectivity index (χ4v) is 10.1. The highest BCUT2D eigenvalue weighted by Crippen LogP contribution is 2.17. The Hall–Kier alpha value is -4.31. The quantitative estimate of drug-likeness (QED) is 0.0211. The molecule has 0 heterocycles. The van der Waals surface area contributed by atoms with Crippen molar-refractivity contribution in [1.29, 1.82) is 0 Å². The summed E-state index contributed by atoms with van der Waals surface area (Å²) in [5.74, 6) is -2.01. The van der Waals surface area contributed by atoms with Crippen LogP contribution in [0.15, 0.2) is 122 Å². The van der Waals surface area contributed by atoms with E-state index in [9.17, 15) is 19.5 Å². The first-order valence-electron chi connectivity index (χ1n) is 36.7. The van der Waals surface area contributed by atoms with Crippen LogP contribution >= 0.6 is 0 Å². The van der Waals surface area contributed by atoms with E-state index in [2.05, 4.69) is 135 Å². The Morgan fingerprint density at radius 2 is 0.640 bits per heavy atom. The standard InChI is InChI=1S/C80H137NO8/c1-6-8-10-12-14-16-18-20-22-24-26-28-30-32-34-35-36-37-38-39-40-41-42-43-45-47-49-51-53-55-57-59-61-63-65-67-69-71-78(83)89-76(75-88-80(79(84)85)86-73-72-81(3,4)5)74-87-77(82)70-68-66-64-62-60-58-56-54-52-50-48-46-44-33-31-29-27-25-23-21-19-17-15-13-11-9-7-2/h8,10,14,16,20,22,25-28,32,34,36-37,39-40,42-43,47,49,76,80H,6-7,9,11-13,15,17-19,21,23-24,29-31,33,35,38,41,44-46,48,50-75H2,1-5H3/p+1/b10-8-,16-14-,22-20-,27-25-,28-26-,34-32-,37-36-,40-39-,43-42-,49-47-. The zero-order valence-corrected chi connectivity index (χ0v) is 58.3. The molecule has 0 aromatic heterocycles. The molecule has 2 unspecified atom stereocenters. The molecular formula is C80H138NO8+. The molecule has 0 amide bonds. The van der Waals surface area contributed by atoms with E-state index in [1.807, 2.05) is 21.1 Å². The lowest BCUT2D eigenvalue weighted by molar-refractivity contribution is -0.870.